The Morgan fingerprint density at radius 3 is 2.92 bits per heavy atom. The van der Waals surface area contributed by atoms with Crippen LogP contribution in [0.1, 0.15) is 30.7 Å². The first-order valence-corrected chi connectivity index (χ1v) is 4.31. The molecular weight excluding hydrogens is 172 g/mol. The molecule has 5 heteroatoms. The molecule has 0 radical (unpaired) electrons. The molecule has 1 aromatic heterocycles. The first kappa shape index (κ1) is 8.65. The fraction of sp³-hybridized carbons (Fsp3) is 0.750. The van der Waals surface area contributed by atoms with E-state index in [1.165, 1.54) is 0 Å². The summed E-state index contributed by atoms with van der Waals surface area (Å²) in [4.78, 5) is 4.01. The highest BCUT2D eigenvalue weighted by molar-refractivity contribution is 4.97. The monoisotopic (exact) mass is 184 g/mol. The van der Waals surface area contributed by atoms with Gasteiger partial charge >= 0.3 is 0 Å². The average molecular weight is 184 g/mol. The van der Waals surface area contributed by atoms with E-state index in [1.54, 1.807) is 7.11 Å². The van der Waals surface area contributed by atoms with Crippen LogP contribution < -0.4 is 0 Å². The Balaban J connectivity index is 2.12. The number of nitrogens with zero attached hydrogens (tertiary/aromatic N) is 2. The number of rotatable bonds is 4. The summed E-state index contributed by atoms with van der Waals surface area (Å²) in [6, 6.07) is 0. The molecule has 1 saturated carbocycles. The first-order valence-electron chi connectivity index (χ1n) is 4.31. The van der Waals surface area contributed by atoms with Gasteiger partial charge in [-0.05, 0) is 18.8 Å². The molecule has 13 heavy (non-hydrogen) atoms. The molecular formula is C8H12N2O3. The molecule has 0 bridgehead atoms. The van der Waals surface area contributed by atoms with E-state index in [-0.39, 0.29) is 18.6 Å². The first-order chi connectivity index (χ1) is 6.35. The van der Waals surface area contributed by atoms with Gasteiger partial charge < -0.3 is 14.4 Å². The highest BCUT2D eigenvalue weighted by Gasteiger charge is 2.35. The number of hydrogen-bond donors (Lipinski definition) is 1. The van der Waals surface area contributed by atoms with Crippen molar-refractivity contribution in [2.24, 2.45) is 5.92 Å². The Morgan fingerprint density at radius 1 is 1.69 bits per heavy atom. The van der Waals surface area contributed by atoms with Gasteiger partial charge in [0.05, 0.1) is 0 Å². The Hall–Kier alpha value is -0.940. The molecule has 1 N–H and O–H groups in total. The van der Waals surface area contributed by atoms with E-state index in [2.05, 4.69) is 10.1 Å². The summed E-state index contributed by atoms with van der Waals surface area (Å²) in [5.74, 6) is 1.32. The predicted molar refractivity (Wildman–Crippen MR) is 42.7 cm³/mol. The standard InChI is InChI=1S/C8H12N2O3/c1-12-7(5-2-3-5)8-9-6(4-11)13-10-8/h5,7,11H,2-4H2,1H3. The lowest BCUT2D eigenvalue weighted by molar-refractivity contribution is 0.0751. The maximum Gasteiger partial charge on any atom is 0.252 e. The van der Waals surface area contributed by atoms with E-state index in [0.29, 0.717) is 11.7 Å². The number of methoxy groups -OCH3 is 1. The number of aromatic nitrogens is 2. The van der Waals surface area contributed by atoms with Crippen LogP contribution in [0.4, 0.5) is 0 Å². The quantitative estimate of drug-likeness (QED) is 0.744. The van der Waals surface area contributed by atoms with Crippen molar-refractivity contribution in [3.8, 4) is 0 Å². The topological polar surface area (TPSA) is 68.4 Å². The lowest BCUT2D eigenvalue weighted by Crippen LogP contribution is -2.05. The van der Waals surface area contributed by atoms with Crippen molar-refractivity contribution in [3.05, 3.63) is 11.7 Å². The maximum absolute atomic E-state index is 8.72. The van der Waals surface area contributed by atoms with Gasteiger partial charge in [0, 0.05) is 7.11 Å². The van der Waals surface area contributed by atoms with Gasteiger partial charge in [0.2, 0.25) is 5.82 Å². The summed E-state index contributed by atoms with van der Waals surface area (Å²) in [6.07, 6.45) is 2.24. The van der Waals surface area contributed by atoms with Gasteiger partial charge in [-0.15, -0.1) is 0 Å². The smallest absolute Gasteiger partial charge is 0.252 e. The van der Waals surface area contributed by atoms with Gasteiger partial charge in [0.25, 0.3) is 5.89 Å². The summed E-state index contributed by atoms with van der Waals surface area (Å²) >= 11 is 0. The molecule has 0 spiro atoms. The van der Waals surface area contributed by atoms with Crippen LogP contribution in [0.2, 0.25) is 0 Å². The van der Waals surface area contributed by atoms with Crippen molar-refractivity contribution in [3.63, 3.8) is 0 Å². The Morgan fingerprint density at radius 2 is 2.46 bits per heavy atom. The van der Waals surface area contributed by atoms with Crippen LogP contribution in [0, 0.1) is 5.92 Å². The fourth-order valence-electron chi connectivity index (χ4n) is 1.36. The second kappa shape index (κ2) is 3.43. The zero-order valence-corrected chi connectivity index (χ0v) is 7.43. The number of aliphatic hydroxyl groups is 1. The molecule has 1 aliphatic carbocycles. The zero-order chi connectivity index (χ0) is 9.26. The Bertz CT molecular complexity index is 283. The summed E-state index contributed by atoms with van der Waals surface area (Å²) < 4.78 is 10.0. The normalized spacial score (nSPS) is 18.9. The van der Waals surface area contributed by atoms with Crippen molar-refractivity contribution in [2.45, 2.75) is 25.6 Å². The SMILES string of the molecule is COC(c1noc(CO)n1)C1CC1. The summed E-state index contributed by atoms with van der Waals surface area (Å²) in [7, 11) is 1.64. The minimum absolute atomic E-state index is 0.0657. The summed E-state index contributed by atoms with van der Waals surface area (Å²) in [5.41, 5.74) is 0. The largest absolute Gasteiger partial charge is 0.387 e. The van der Waals surface area contributed by atoms with Crippen molar-refractivity contribution in [1.29, 1.82) is 0 Å². The average Bonchev–Trinajstić information content (AvgIpc) is 2.85. The van der Waals surface area contributed by atoms with E-state index >= 15 is 0 Å². The molecule has 2 rings (SSSR count). The molecule has 5 nitrogen and oxygen atoms in total. The van der Waals surface area contributed by atoms with Gasteiger partial charge in [-0.2, -0.15) is 4.98 Å². The number of aliphatic hydroxyl groups excluding tert-OH is 1. The van der Waals surface area contributed by atoms with Crippen molar-refractivity contribution < 1.29 is 14.4 Å². The zero-order valence-electron chi connectivity index (χ0n) is 7.43. The van der Waals surface area contributed by atoms with Crippen LogP contribution in [-0.2, 0) is 11.3 Å². The van der Waals surface area contributed by atoms with Crippen LogP contribution in [0.25, 0.3) is 0 Å². The summed E-state index contributed by atoms with van der Waals surface area (Å²) in [5, 5.41) is 12.5. The lowest BCUT2D eigenvalue weighted by atomic mass is 10.2. The van der Waals surface area contributed by atoms with Crippen LogP contribution in [0.3, 0.4) is 0 Å². The van der Waals surface area contributed by atoms with E-state index in [1.807, 2.05) is 0 Å². The van der Waals surface area contributed by atoms with Gasteiger partial charge in [0.15, 0.2) is 0 Å². The third kappa shape index (κ3) is 1.71. The molecule has 0 aromatic carbocycles. The number of hydrogen-bond acceptors (Lipinski definition) is 5. The van der Waals surface area contributed by atoms with Crippen molar-refractivity contribution in [1.82, 2.24) is 10.1 Å². The molecule has 1 aliphatic rings. The maximum atomic E-state index is 8.72. The van der Waals surface area contributed by atoms with Crippen molar-refractivity contribution >= 4 is 0 Å². The van der Waals surface area contributed by atoms with Crippen LogP contribution in [0.15, 0.2) is 4.52 Å². The Labute approximate surface area is 75.7 Å². The molecule has 0 saturated heterocycles. The van der Waals surface area contributed by atoms with E-state index in [0.717, 1.165) is 12.8 Å². The molecule has 0 aliphatic heterocycles. The predicted octanol–water partition coefficient (Wildman–Crippen LogP) is 0.659. The van der Waals surface area contributed by atoms with Crippen LogP contribution >= 0.6 is 0 Å². The molecule has 0 amide bonds. The Kier molecular flexibility index (Phi) is 2.28. The van der Waals surface area contributed by atoms with Gasteiger partial charge in [-0.1, -0.05) is 5.16 Å². The third-order valence-corrected chi connectivity index (χ3v) is 2.18. The van der Waals surface area contributed by atoms with Gasteiger partial charge in [-0.3, -0.25) is 0 Å². The van der Waals surface area contributed by atoms with Crippen LogP contribution in [-0.4, -0.2) is 22.4 Å². The third-order valence-electron chi connectivity index (χ3n) is 2.18. The molecule has 1 atom stereocenters. The van der Waals surface area contributed by atoms with Crippen molar-refractivity contribution in [2.75, 3.05) is 7.11 Å². The minimum Gasteiger partial charge on any atom is -0.387 e. The molecule has 72 valence electrons. The number of ether oxygens (including phenoxy) is 1. The molecule has 1 fully saturated rings. The van der Waals surface area contributed by atoms with E-state index in [9.17, 15) is 0 Å². The molecule has 1 unspecified atom stereocenters. The highest BCUT2D eigenvalue weighted by atomic mass is 16.5. The molecule has 1 heterocycles. The highest BCUT2D eigenvalue weighted by Crippen LogP contribution is 2.41. The molecule has 1 aromatic rings. The van der Waals surface area contributed by atoms with Gasteiger partial charge in [0.1, 0.15) is 12.7 Å². The minimum atomic E-state index is -0.214. The van der Waals surface area contributed by atoms with E-state index in [4.69, 9.17) is 14.4 Å². The summed E-state index contributed by atoms with van der Waals surface area (Å²) in [6.45, 7) is -0.214. The van der Waals surface area contributed by atoms with Crippen LogP contribution in [0.5, 0.6) is 0 Å². The van der Waals surface area contributed by atoms with E-state index < -0.39 is 0 Å². The van der Waals surface area contributed by atoms with Gasteiger partial charge in [-0.25, -0.2) is 0 Å². The second-order valence-corrected chi connectivity index (χ2v) is 3.20. The lowest BCUT2D eigenvalue weighted by Gasteiger charge is -2.07. The second-order valence-electron chi connectivity index (χ2n) is 3.20. The fourth-order valence-corrected chi connectivity index (χ4v) is 1.36.